The SMILES string of the molecule is CNC(=O)c1ccc(CN(CC(=O)Nc2ccc(N3CCCC3)cc2C)C2CC2)cc1. The molecule has 6 nitrogen and oxygen atoms in total. The van der Waals surface area contributed by atoms with Crippen molar-refractivity contribution in [1.29, 1.82) is 0 Å². The first-order valence-corrected chi connectivity index (χ1v) is 11.2. The second-order valence-electron chi connectivity index (χ2n) is 8.65. The molecule has 6 heteroatoms. The van der Waals surface area contributed by atoms with Crippen LogP contribution >= 0.6 is 0 Å². The maximum absolute atomic E-state index is 12.8. The van der Waals surface area contributed by atoms with E-state index in [1.807, 2.05) is 30.3 Å². The maximum atomic E-state index is 12.8. The number of hydrogen-bond donors (Lipinski definition) is 2. The summed E-state index contributed by atoms with van der Waals surface area (Å²) >= 11 is 0. The van der Waals surface area contributed by atoms with Gasteiger partial charge in [0.05, 0.1) is 6.54 Å². The van der Waals surface area contributed by atoms with E-state index in [2.05, 4.69) is 39.5 Å². The molecule has 2 fully saturated rings. The van der Waals surface area contributed by atoms with Crippen LogP contribution in [0.2, 0.25) is 0 Å². The molecule has 1 aliphatic carbocycles. The van der Waals surface area contributed by atoms with Gasteiger partial charge in [0.25, 0.3) is 5.91 Å². The molecular formula is C25H32N4O2. The monoisotopic (exact) mass is 420 g/mol. The smallest absolute Gasteiger partial charge is 0.251 e. The number of nitrogens with zero attached hydrogens (tertiary/aromatic N) is 2. The Labute approximate surface area is 184 Å². The number of nitrogens with one attached hydrogen (secondary N) is 2. The number of anilines is 2. The molecule has 164 valence electrons. The minimum absolute atomic E-state index is 0.0194. The first-order chi connectivity index (χ1) is 15.0. The van der Waals surface area contributed by atoms with E-state index in [0.717, 1.165) is 42.7 Å². The molecule has 2 aromatic rings. The molecule has 0 aromatic heterocycles. The van der Waals surface area contributed by atoms with E-state index in [-0.39, 0.29) is 11.8 Å². The van der Waals surface area contributed by atoms with Gasteiger partial charge in [-0.05, 0) is 74.1 Å². The lowest BCUT2D eigenvalue weighted by atomic mass is 10.1. The third kappa shape index (κ3) is 5.44. The minimum Gasteiger partial charge on any atom is -0.372 e. The summed E-state index contributed by atoms with van der Waals surface area (Å²) < 4.78 is 0. The second kappa shape index (κ2) is 9.52. The van der Waals surface area contributed by atoms with Crippen molar-refractivity contribution >= 4 is 23.2 Å². The van der Waals surface area contributed by atoms with Crippen molar-refractivity contribution in [2.45, 2.75) is 45.2 Å². The van der Waals surface area contributed by atoms with Crippen molar-refractivity contribution in [1.82, 2.24) is 10.2 Å². The highest BCUT2D eigenvalue weighted by atomic mass is 16.2. The van der Waals surface area contributed by atoms with Gasteiger partial charge in [-0.2, -0.15) is 0 Å². The van der Waals surface area contributed by atoms with Gasteiger partial charge < -0.3 is 15.5 Å². The zero-order valence-corrected chi connectivity index (χ0v) is 18.5. The first-order valence-electron chi connectivity index (χ1n) is 11.2. The first kappa shape index (κ1) is 21.4. The van der Waals surface area contributed by atoms with Crippen LogP contribution in [0.1, 0.15) is 47.2 Å². The summed E-state index contributed by atoms with van der Waals surface area (Å²) in [5.74, 6) is -0.0676. The summed E-state index contributed by atoms with van der Waals surface area (Å²) in [5.41, 5.74) is 4.99. The van der Waals surface area contributed by atoms with Crippen LogP contribution in [0.15, 0.2) is 42.5 Å². The number of rotatable bonds is 8. The maximum Gasteiger partial charge on any atom is 0.251 e. The number of benzene rings is 2. The Morgan fingerprint density at radius 2 is 1.77 bits per heavy atom. The highest BCUT2D eigenvalue weighted by molar-refractivity contribution is 5.94. The van der Waals surface area contributed by atoms with E-state index < -0.39 is 0 Å². The van der Waals surface area contributed by atoms with Crippen molar-refractivity contribution in [2.24, 2.45) is 0 Å². The summed E-state index contributed by atoms with van der Waals surface area (Å²) in [5, 5.41) is 5.74. The van der Waals surface area contributed by atoms with Gasteiger partial charge in [0.1, 0.15) is 0 Å². The molecule has 2 N–H and O–H groups in total. The van der Waals surface area contributed by atoms with Crippen LogP contribution in [0.3, 0.4) is 0 Å². The van der Waals surface area contributed by atoms with Crippen LogP contribution in [-0.4, -0.2) is 49.4 Å². The molecule has 0 radical (unpaired) electrons. The third-order valence-electron chi connectivity index (χ3n) is 6.19. The topological polar surface area (TPSA) is 64.7 Å². The molecule has 1 saturated heterocycles. The Bertz CT molecular complexity index is 931. The zero-order chi connectivity index (χ0) is 21.8. The van der Waals surface area contributed by atoms with Crippen LogP contribution in [-0.2, 0) is 11.3 Å². The fourth-order valence-corrected chi connectivity index (χ4v) is 4.23. The van der Waals surface area contributed by atoms with Crippen LogP contribution in [0, 0.1) is 6.92 Å². The summed E-state index contributed by atoms with van der Waals surface area (Å²) in [6, 6.07) is 14.4. The average Bonchev–Trinajstić information content (AvgIpc) is 3.48. The van der Waals surface area contributed by atoms with Gasteiger partial charge in [0.2, 0.25) is 5.91 Å². The van der Waals surface area contributed by atoms with Crippen molar-refractivity contribution in [2.75, 3.05) is 36.9 Å². The Morgan fingerprint density at radius 3 is 2.39 bits per heavy atom. The largest absolute Gasteiger partial charge is 0.372 e. The Balaban J connectivity index is 1.36. The second-order valence-corrected chi connectivity index (χ2v) is 8.65. The number of carbonyl (C=O) groups is 2. The van der Waals surface area contributed by atoms with E-state index in [0.29, 0.717) is 24.7 Å². The molecule has 2 aromatic carbocycles. The van der Waals surface area contributed by atoms with E-state index in [1.54, 1.807) is 7.05 Å². The minimum atomic E-state index is -0.0869. The molecule has 1 aliphatic heterocycles. The lowest BCUT2D eigenvalue weighted by molar-refractivity contribution is -0.117. The molecule has 1 heterocycles. The third-order valence-corrected chi connectivity index (χ3v) is 6.19. The van der Waals surface area contributed by atoms with Crippen LogP contribution in [0.25, 0.3) is 0 Å². The fourth-order valence-electron chi connectivity index (χ4n) is 4.23. The summed E-state index contributed by atoms with van der Waals surface area (Å²) in [6.07, 6.45) is 4.77. The van der Waals surface area contributed by atoms with Gasteiger partial charge in [0.15, 0.2) is 0 Å². The predicted molar refractivity (Wildman–Crippen MR) is 125 cm³/mol. The van der Waals surface area contributed by atoms with E-state index >= 15 is 0 Å². The normalized spacial score (nSPS) is 15.9. The van der Waals surface area contributed by atoms with Gasteiger partial charge in [-0.3, -0.25) is 14.5 Å². The zero-order valence-electron chi connectivity index (χ0n) is 18.5. The summed E-state index contributed by atoms with van der Waals surface area (Å²) in [4.78, 5) is 29.2. The molecule has 0 atom stereocenters. The molecule has 1 saturated carbocycles. The number of carbonyl (C=O) groups excluding carboxylic acids is 2. The lowest BCUT2D eigenvalue weighted by Crippen LogP contribution is -2.34. The predicted octanol–water partition coefficient (Wildman–Crippen LogP) is 3.56. The number of aryl methyl sites for hydroxylation is 1. The molecule has 2 amide bonds. The highest BCUT2D eigenvalue weighted by Gasteiger charge is 2.30. The van der Waals surface area contributed by atoms with Crippen LogP contribution in [0.4, 0.5) is 11.4 Å². The summed E-state index contributed by atoms with van der Waals surface area (Å²) in [6.45, 7) is 5.37. The molecule has 4 rings (SSSR count). The van der Waals surface area contributed by atoms with Crippen LogP contribution < -0.4 is 15.5 Å². The van der Waals surface area contributed by atoms with Gasteiger partial charge in [-0.1, -0.05) is 12.1 Å². The fraction of sp³-hybridized carbons (Fsp3) is 0.440. The molecule has 0 bridgehead atoms. The quantitative estimate of drug-likeness (QED) is 0.685. The van der Waals surface area contributed by atoms with E-state index in [1.165, 1.54) is 18.5 Å². The molecule has 0 spiro atoms. The average molecular weight is 421 g/mol. The van der Waals surface area contributed by atoms with Gasteiger partial charge >= 0.3 is 0 Å². The molecule has 31 heavy (non-hydrogen) atoms. The van der Waals surface area contributed by atoms with E-state index in [9.17, 15) is 9.59 Å². The Morgan fingerprint density at radius 1 is 1.06 bits per heavy atom. The van der Waals surface area contributed by atoms with Crippen molar-refractivity contribution in [3.8, 4) is 0 Å². The molecule has 2 aliphatic rings. The number of hydrogen-bond acceptors (Lipinski definition) is 4. The van der Waals surface area contributed by atoms with Gasteiger partial charge in [-0.15, -0.1) is 0 Å². The standard InChI is InChI=1S/C25H32N4O2/c1-18-15-22(28-13-3-4-14-28)11-12-23(18)27-24(30)17-29(21-9-10-21)16-19-5-7-20(8-6-19)25(31)26-2/h5-8,11-12,15,21H,3-4,9-10,13-14,16-17H2,1-2H3,(H,26,31)(H,27,30). The Hall–Kier alpha value is -2.86. The highest BCUT2D eigenvalue weighted by Crippen LogP contribution is 2.29. The van der Waals surface area contributed by atoms with Crippen molar-refractivity contribution in [3.63, 3.8) is 0 Å². The van der Waals surface area contributed by atoms with Gasteiger partial charge in [0, 0.05) is 49.7 Å². The molecule has 0 unspecified atom stereocenters. The molecular weight excluding hydrogens is 388 g/mol. The van der Waals surface area contributed by atoms with E-state index in [4.69, 9.17) is 0 Å². The lowest BCUT2D eigenvalue weighted by Gasteiger charge is -2.22. The van der Waals surface area contributed by atoms with Crippen molar-refractivity contribution < 1.29 is 9.59 Å². The van der Waals surface area contributed by atoms with Crippen LogP contribution in [0.5, 0.6) is 0 Å². The Kier molecular flexibility index (Phi) is 6.56. The number of amides is 2. The van der Waals surface area contributed by atoms with Gasteiger partial charge in [-0.25, -0.2) is 0 Å². The summed E-state index contributed by atoms with van der Waals surface area (Å²) in [7, 11) is 1.63. The van der Waals surface area contributed by atoms with Crippen molar-refractivity contribution in [3.05, 3.63) is 59.2 Å².